The zero-order chi connectivity index (χ0) is 25.9. The van der Waals surface area contributed by atoms with Gasteiger partial charge < -0.3 is 4.90 Å². The predicted octanol–water partition coefficient (Wildman–Crippen LogP) is 3.24. The highest BCUT2D eigenvalue weighted by atomic mass is 32.2. The molecule has 1 saturated carbocycles. The van der Waals surface area contributed by atoms with Crippen LogP contribution in [0.1, 0.15) is 51.0 Å². The summed E-state index contributed by atoms with van der Waals surface area (Å²) in [7, 11) is -1.07. The fourth-order valence-electron chi connectivity index (χ4n) is 7.72. The van der Waals surface area contributed by atoms with Crippen molar-refractivity contribution in [2.45, 2.75) is 70.0 Å². The number of para-hydroxylation sites is 1. The van der Waals surface area contributed by atoms with Gasteiger partial charge >= 0.3 is 16.2 Å². The maximum atomic E-state index is 13.1. The van der Waals surface area contributed by atoms with Gasteiger partial charge in [0.1, 0.15) is 24.6 Å². The molecule has 37 heavy (non-hydrogen) atoms. The molecule has 5 aliphatic rings. The van der Waals surface area contributed by atoms with Crippen molar-refractivity contribution in [1.29, 1.82) is 0 Å². The van der Waals surface area contributed by atoms with Crippen LogP contribution in [-0.4, -0.2) is 67.6 Å². The van der Waals surface area contributed by atoms with E-state index >= 15 is 0 Å². The molecule has 2 aliphatic carbocycles. The van der Waals surface area contributed by atoms with E-state index in [0.29, 0.717) is 30.6 Å². The molecule has 9 nitrogen and oxygen atoms in total. The molecular formula is C27H39N6O3S+. The van der Waals surface area contributed by atoms with Crippen LogP contribution >= 0.6 is 0 Å². The highest BCUT2D eigenvalue weighted by Gasteiger charge is 2.60. The highest BCUT2D eigenvalue weighted by Crippen LogP contribution is 2.53. The number of benzene rings is 1. The van der Waals surface area contributed by atoms with Gasteiger partial charge in [0.25, 0.3) is 0 Å². The Hall–Kier alpha value is -2.56. The number of hydrogen-bond donors (Lipinski definition) is 2. The molecule has 0 spiro atoms. The third-order valence-electron chi connectivity index (χ3n) is 9.41. The quantitative estimate of drug-likeness (QED) is 0.466. The Kier molecular flexibility index (Phi) is 6.04. The first-order valence-corrected chi connectivity index (χ1v) is 15.1. The summed E-state index contributed by atoms with van der Waals surface area (Å²) in [6.07, 6.45) is 15.2. The van der Waals surface area contributed by atoms with E-state index in [2.05, 4.69) is 64.6 Å². The average Bonchev–Trinajstić information content (AvgIpc) is 3.41. The van der Waals surface area contributed by atoms with Crippen LogP contribution in [0.5, 0.6) is 0 Å². The summed E-state index contributed by atoms with van der Waals surface area (Å²) in [6.45, 7) is 2.65. The van der Waals surface area contributed by atoms with E-state index in [9.17, 15) is 13.2 Å². The fourth-order valence-corrected chi connectivity index (χ4v) is 8.23. The smallest absolute Gasteiger partial charge is 0.329 e. The van der Waals surface area contributed by atoms with Gasteiger partial charge in [0, 0.05) is 50.9 Å². The van der Waals surface area contributed by atoms with Crippen molar-refractivity contribution in [3.8, 4) is 0 Å². The van der Waals surface area contributed by atoms with Gasteiger partial charge in [0.15, 0.2) is 5.82 Å². The van der Waals surface area contributed by atoms with Gasteiger partial charge in [-0.1, -0.05) is 43.7 Å². The predicted molar refractivity (Wildman–Crippen MR) is 144 cm³/mol. The van der Waals surface area contributed by atoms with E-state index < -0.39 is 16.2 Å². The molecule has 1 aromatic rings. The van der Waals surface area contributed by atoms with Crippen molar-refractivity contribution in [2.24, 2.45) is 11.8 Å². The van der Waals surface area contributed by atoms with E-state index in [1.54, 1.807) is 0 Å². The van der Waals surface area contributed by atoms with Crippen molar-refractivity contribution in [2.75, 3.05) is 20.8 Å². The minimum absolute atomic E-state index is 0.227. The lowest BCUT2D eigenvalue weighted by molar-refractivity contribution is 0.0736. The van der Waals surface area contributed by atoms with Crippen molar-refractivity contribution in [1.82, 2.24) is 28.8 Å². The molecule has 3 heterocycles. The molecule has 2 fully saturated rings. The normalized spacial score (nSPS) is 33.1. The Morgan fingerprint density at radius 1 is 1.16 bits per heavy atom. The van der Waals surface area contributed by atoms with Crippen molar-refractivity contribution >= 4 is 21.9 Å². The SMILES string of the molecule is CC1C=CCC2C1C1Cc3ccccc3[N+]1(C1CCCCC1)C=C1NN(C(=O)NS(=O)(=O)N(C)C)CN12. The number of carbonyl (C=O) groups excluding carboxylic acids is 1. The minimum Gasteiger partial charge on any atom is -0.329 e. The van der Waals surface area contributed by atoms with Gasteiger partial charge in [-0.15, -0.1) is 0 Å². The van der Waals surface area contributed by atoms with Crippen LogP contribution in [0.2, 0.25) is 0 Å². The van der Waals surface area contributed by atoms with E-state index in [-0.39, 0.29) is 6.04 Å². The topological polar surface area (TPSA) is 85.0 Å². The number of hydrogen-bond acceptors (Lipinski definition) is 5. The molecule has 5 atom stereocenters. The monoisotopic (exact) mass is 527 g/mol. The van der Waals surface area contributed by atoms with Crippen LogP contribution in [-0.2, 0) is 16.6 Å². The lowest BCUT2D eigenvalue weighted by Gasteiger charge is -2.49. The summed E-state index contributed by atoms with van der Waals surface area (Å²) in [6, 6.07) is 9.43. The molecule has 2 N–H and O–H groups in total. The van der Waals surface area contributed by atoms with Gasteiger partial charge in [-0.25, -0.2) is 14.5 Å². The fraction of sp³-hybridized carbons (Fsp3) is 0.593. The summed E-state index contributed by atoms with van der Waals surface area (Å²) >= 11 is 0. The summed E-state index contributed by atoms with van der Waals surface area (Å²) < 4.78 is 28.8. The number of urea groups is 1. The standard InChI is InChI=1S/C27H38N6O3S/c1-19-10-9-14-22-26(19)24-16-20-11-7-8-15-23(20)33(24,21-12-5-4-6-13-21)17-25-28-32(18-31(22)25)27(34)29-37(35,36)30(2)3/h7-11,15,17,19,21-22,24,26,28H,4-6,12-14,16,18H2,1-3H3/p+1. The maximum Gasteiger partial charge on any atom is 0.352 e. The lowest BCUT2D eigenvalue weighted by Crippen LogP contribution is -2.62. The summed E-state index contributed by atoms with van der Waals surface area (Å²) in [5, 5.41) is 1.41. The number of quaternary nitrogens is 1. The lowest BCUT2D eigenvalue weighted by atomic mass is 9.74. The number of fused-ring (bicyclic) bond motifs is 7. The Morgan fingerprint density at radius 2 is 1.92 bits per heavy atom. The van der Waals surface area contributed by atoms with Gasteiger partial charge in [0.2, 0.25) is 0 Å². The van der Waals surface area contributed by atoms with Crippen LogP contribution in [0.25, 0.3) is 0 Å². The van der Waals surface area contributed by atoms with E-state index in [1.807, 2.05) is 0 Å². The number of carbonyl (C=O) groups is 1. The zero-order valence-corrected chi connectivity index (χ0v) is 22.8. The molecule has 6 rings (SSSR count). The van der Waals surface area contributed by atoms with E-state index in [1.165, 1.54) is 62.5 Å². The second-order valence-corrected chi connectivity index (χ2v) is 13.4. The van der Waals surface area contributed by atoms with Crippen LogP contribution in [0.4, 0.5) is 10.5 Å². The summed E-state index contributed by atoms with van der Waals surface area (Å²) in [4.78, 5) is 15.4. The maximum absolute atomic E-state index is 13.1. The summed E-state index contributed by atoms with van der Waals surface area (Å²) in [5.74, 6) is 1.73. The molecular weight excluding hydrogens is 488 g/mol. The number of allylic oxidation sites excluding steroid dienone is 1. The third-order valence-corrected chi connectivity index (χ3v) is 10.8. The Labute approximate surface area is 220 Å². The number of amides is 2. The number of nitrogens with zero attached hydrogens (tertiary/aromatic N) is 4. The second-order valence-electron chi connectivity index (χ2n) is 11.6. The Morgan fingerprint density at radius 3 is 2.68 bits per heavy atom. The molecule has 1 saturated heterocycles. The molecule has 10 heteroatoms. The van der Waals surface area contributed by atoms with E-state index in [0.717, 1.165) is 27.5 Å². The first kappa shape index (κ1) is 24.8. The zero-order valence-electron chi connectivity index (χ0n) is 22.0. The molecule has 0 bridgehead atoms. The van der Waals surface area contributed by atoms with Crippen LogP contribution in [0.3, 0.4) is 0 Å². The third kappa shape index (κ3) is 3.87. The largest absolute Gasteiger partial charge is 0.352 e. The average molecular weight is 528 g/mol. The first-order chi connectivity index (χ1) is 17.7. The molecule has 200 valence electrons. The molecule has 0 radical (unpaired) electrons. The number of nitrogens with one attached hydrogen (secondary N) is 2. The van der Waals surface area contributed by atoms with Crippen LogP contribution in [0, 0.1) is 11.8 Å². The summed E-state index contributed by atoms with van der Waals surface area (Å²) in [5.41, 5.74) is 6.17. The number of hydrazine groups is 1. The molecule has 5 unspecified atom stereocenters. The molecule has 2 amide bonds. The Balaban J connectivity index is 1.47. The first-order valence-electron chi connectivity index (χ1n) is 13.6. The van der Waals surface area contributed by atoms with Gasteiger partial charge in [-0.05, 0) is 31.2 Å². The van der Waals surface area contributed by atoms with Crippen molar-refractivity contribution in [3.05, 3.63) is 54.0 Å². The highest BCUT2D eigenvalue weighted by molar-refractivity contribution is 7.87. The van der Waals surface area contributed by atoms with E-state index in [4.69, 9.17) is 0 Å². The van der Waals surface area contributed by atoms with Crippen LogP contribution in [0.15, 0.2) is 48.4 Å². The molecule has 0 aromatic heterocycles. The molecule has 1 aromatic carbocycles. The van der Waals surface area contributed by atoms with Crippen molar-refractivity contribution in [3.63, 3.8) is 0 Å². The minimum atomic E-state index is -3.89. The van der Waals surface area contributed by atoms with Gasteiger partial charge in [0.05, 0.1) is 6.04 Å². The van der Waals surface area contributed by atoms with Gasteiger partial charge in [-0.3, -0.25) is 9.91 Å². The Bertz CT molecular complexity index is 1240. The van der Waals surface area contributed by atoms with Crippen LogP contribution < -0.4 is 14.6 Å². The molecule has 3 aliphatic heterocycles. The number of rotatable bonds is 3. The second kappa shape index (κ2) is 9.03. The van der Waals surface area contributed by atoms with Crippen molar-refractivity contribution < 1.29 is 13.2 Å². The van der Waals surface area contributed by atoms with Gasteiger partial charge in [-0.2, -0.15) is 12.7 Å².